The highest BCUT2D eigenvalue weighted by Gasteiger charge is 2.14. The van der Waals surface area contributed by atoms with E-state index in [1.54, 1.807) is 18.2 Å². The predicted molar refractivity (Wildman–Crippen MR) is 76.4 cm³/mol. The van der Waals surface area contributed by atoms with Crippen molar-refractivity contribution in [2.45, 2.75) is 0 Å². The van der Waals surface area contributed by atoms with Crippen LogP contribution >= 0.6 is 27.5 Å². The molecule has 0 radical (unpaired) electrons. The number of halogens is 2. The Morgan fingerprint density at radius 2 is 2.11 bits per heavy atom. The number of carbonyl (C=O) groups excluding carboxylic acids is 1. The van der Waals surface area contributed by atoms with E-state index in [1.165, 1.54) is 12.3 Å². The van der Waals surface area contributed by atoms with Gasteiger partial charge >= 0.3 is 0 Å². The molecule has 0 atom stereocenters. The number of nitrogen functional groups attached to an aromatic ring is 1. The maximum absolute atomic E-state index is 11.3. The average Bonchev–Trinajstić information content (AvgIpc) is 2.34. The Balaban J connectivity index is 2.40. The number of aromatic nitrogens is 1. The molecule has 1 aromatic carbocycles. The SMILES string of the molecule is NC(=O)c1cc(N)cnc1Oc1ccc(Cl)cc1Br. The highest BCUT2D eigenvalue weighted by molar-refractivity contribution is 9.10. The van der Waals surface area contributed by atoms with Crippen LogP contribution in [0.25, 0.3) is 0 Å². The minimum Gasteiger partial charge on any atom is -0.437 e. The van der Waals surface area contributed by atoms with Gasteiger partial charge in [-0.15, -0.1) is 0 Å². The number of carbonyl (C=O) groups is 1. The summed E-state index contributed by atoms with van der Waals surface area (Å²) < 4.78 is 6.17. The van der Waals surface area contributed by atoms with Crippen LogP contribution in [0, 0.1) is 0 Å². The molecule has 0 bridgehead atoms. The zero-order valence-corrected chi connectivity index (χ0v) is 11.9. The lowest BCUT2D eigenvalue weighted by Crippen LogP contribution is -2.13. The maximum Gasteiger partial charge on any atom is 0.254 e. The summed E-state index contributed by atoms with van der Waals surface area (Å²) in [6, 6.07) is 6.38. The number of nitrogens with two attached hydrogens (primary N) is 2. The summed E-state index contributed by atoms with van der Waals surface area (Å²) in [5.41, 5.74) is 11.3. The quantitative estimate of drug-likeness (QED) is 0.897. The zero-order valence-electron chi connectivity index (χ0n) is 9.56. The molecule has 0 aliphatic heterocycles. The minimum atomic E-state index is -0.667. The highest BCUT2D eigenvalue weighted by Crippen LogP contribution is 2.32. The summed E-state index contributed by atoms with van der Waals surface area (Å²) in [5, 5.41) is 0.555. The molecule has 2 rings (SSSR count). The maximum atomic E-state index is 11.3. The molecule has 1 amide bonds. The number of pyridine rings is 1. The molecule has 0 spiro atoms. The highest BCUT2D eigenvalue weighted by atomic mass is 79.9. The van der Waals surface area contributed by atoms with Crippen LogP contribution in [0.15, 0.2) is 34.9 Å². The third-order valence-electron chi connectivity index (χ3n) is 2.24. The van der Waals surface area contributed by atoms with E-state index in [1.807, 2.05) is 0 Å². The van der Waals surface area contributed by atoms with Crippen LogP contribution in [0.5, 0.6) is 11.6 Å². The van der Waals surface area contributed by atoms with Gasteiger partial charge in [0.1, 0.15) is 11.3 Å². The van der Waals surface area contributed by atoms with Gasteiger partial charge in [-0.3, -0.25) is 4.79 Å². The second-order valence-corrected chi connectivity index (χ2v) is 4.95. The van der Waals surface area contributed by atoms with Crippen LogP contribution in [-0.4, -0.2) is 10.9 Å². The van der Waals surface area contributed by atoms with E-state index in [2.05, 4.69) is 20.9 Å². The molecule has 2 aromatic rings. The Bertz CT molecular complexity index is 649. The van der Waals surface area contributed by atoms with Crippen LogP contribution in [0.2, 0.25) is 5.02 Å². The summed E-state index contributed by atoms with van der Waals surface area (Å²) in [4.78, 5) is 15.3. The lowest BCUT2D eigenvalue weighted by molar-refractivity contribution is 0.0997. The first kappa shape index (κ1) is 13.6. The summed E-state index contributed by atoms with van der Waals surface area (Å²) in [6.45, 7) is 0. The van der Waals surface area contributed by atoms with Crippen LogP contribution < -0.4 is 16.2 Å². The molecule has 0 aliphatic rings. The lowest BCUT2D eigenvalue weighted by atomic mass is 10.2. The second kappa shape index (κ2) is 5.46. The molecule has 5 nitrogen and oxygen atoms in total. The molecule has 0 fully saturated rings. The average molecular weight is 343 g/mol. The molecule has 98 valence electrons. The van der Waals surface area contributed by atoms with Gasteiger partial charge < -0.3 is 16.2 Å². The fourth-order valence-electron chi connectivity index (χ4n) is 1.39. The van der Waals surface area contributed by atoms with E-state index in [-0.39, 0.29) is 11.4 Å². The summed E-state index contributed by atoms with van der Waals surface area (Å²) in [5.74, 6) is -0.117. The van der Waals surface area contributed by atoms with Crippen molar-refractivity contribution in [3.8, 4) is 11.6 Å². The third kappa shape index (κ3) is 3.15. The van der Waals surface area contributed by atoms with E-state index in [0.29, 0.717) is 20.9 Å². The Morgan fingerprint density at radius 1 is 1.37 bits per heavy atom. The number of hydrogen-bond acceptors (Lipinski definition) is 4. The molecule has 1 heterocycles. The predicted octanol–water partition coefficient (Wildman–Crippen LogP) is 2.97. The number of hydrogen-bond donors (Lipinski definition) is 2. The van der Waals surface area contributed by atoms with Gasteiger partial charge in [-0.1, -0.05) is 11.6 Å². The summed E-state index contributed by atoms with van der Waals surface area (Å²) in [6.07, 6.45) is 1.38. The molecule has 0 saturated carbocycles. The molecule has 1 aromatic heterocycles. The van der Waals surface area contributed by atoms with Crippen LogP contribution in [0.3, 0.4) is 0 Å². The molecular formula is C12H9BrClN3O2. The molecule has 0 unspecified atom stereocenters. The Morgan fingerprint density at radius 3 is 2.74 bits per heavy atom. The van der Waals surface area contributed by atoms with Gasteiger partial charge in [0.05, 0.1) is 16.4 Å². The van der Waals surface area contributed by atoms with Crippen molar-refractivity contribution in [1.29, 1.82) is 0 Å². The van der Waals surface area contributed by atoms with E-state index < -0.39 is 5.91 Å². The molecule has 19 heavy (non-hydrogen) atoms. The van der Waals surface area contributed by atoms with Crippen molar-refractivity contribution in [3.63, 3.8) is 0 Å². The second-order valence-electron chi connectivity index (χ2n) is 3.66. The van der Waals surface area contributed by atoms with Crippen molar-refractivity contribution >= 4 is 39.1 Å². The van der Waals surface area contributed by atoms with Crippen LogP contribution in [0.1, 0.15) is 10.4 Å². The fraction of sp³-hybridized carbons (Fsp3) is 0. The number of rotatable bonds is 3. The normalized spacial score (nSPS) is 10.2. The van der Waals surface area contributed by atoms with E-state index in [9.17, 15) is 4.79 Å². The van der Waals surface area contributed by atoms with Gasteiger partial charge in [0.25, 0.3) is 5.91 Å². The van der Waals surface area contributed by atoms with Crippen molar-refractivity contribution in [2.24, 2.45) is 5.73 Å². The Labute approximate surface area is 122 Å². The molecular weight excluding hydrogens is 334 g/mol. The van der Waals surface area contributed by atoms with Gasteiger partial charge in [0, 0.05) is 5.02 Å². The summed E-state index contributed by atoms with van der Waals surface area (Å²) in [7, 11) is 0. The number of primary amides is 1. The topological polar surface area (TPSA) is 91.2 Å². The summed E-state index contributed by atoms with van der Waals surface area (Å²) >= 11 is 9.13. The number of benzene rings is 1. The third-order valence-corrected chi connectivity index (χ3v) is 3.09. The van der Waals surface area contributed by atoms with Crippen molar-refractivity contribution in [1.82, 2.24) is 4.98 Å². The largest absolute Gasteiger partial charge is 0.437 e. The molecule has 0 saturated heterocycles. The number of nitrogens with zero attached hydrogens (tertiary/aromatic N) is 1. The number of amides is 1. The van der Waals surface area contributed by atoms with Gasteiger partial charge in [-0.2, -0.15) is 0 Å². The monoisotopic (exact) mass is 341 g/mol. The first-order valence-electron chi connectivity index (χ1n) is 5.15. The first-order chi connectivity index (χ1) is 8.97. The van der Waals surface area contributed by atoms with Crippen LogP contribution in [0.4, 0.5) is 5.69 Å². The number of anilines is 1. The lowest BCUT2D eigenvalue weighted by Gasteiger charge is -2.10. The minimum absolute atomic E-state index is 0.0877. The van der Waals surface area contributed by atoms with Crippen molar-refractivity contribution < 1.29 is 9.53 Å². The molecule has 0 aliphatic carbocycles. The van der Waals surface area contributed by atoms with E-state index in [0.717, 1.165) is 0 Å². The van der Waals surface area contributed by atoms with E-state index >= 15 is 0 Å². The zero-order chi connectivity index (χ0) is 14.0. The van der Waals surface area contributed by atoms with Crippen LogP contribution in [-0.2, 0) is 0 Å². The Hall–Kier alpha value is -1.79. The van der Waals surface area contributed by atoms with Gasteiger partial charge in [0.2, 0.25) is 5.88 Å². The fourth-order valence-corrected chi connectivity index (χ4v) is 2.15. The number of ether oxygens (including phenoxy) is 1. The van der Waals surface area contributed by atoms with E-state index in [4.69, 9.17) is 27.8 Å². The van der Waals surface area contributed by atoms with Crippen molar-refractivity contribution in [2.75, 3.05) is 5.73 Å². The Kier molecular flexibility index (Phi) is 3.92. The van der Waals surface area contributed by atoms with Crippen molar-refractivity contribution in [3.05, 3.63) is 45.5 Å². The van der Waals surface area contributed by atoms with Gasteiger partial charge in [0.15, 0.2) is 0 Å². The standard InChI is InChI=1S/C12H9BrClN3O2/c13-9-3-6(14)1-2-10(9)19-12-8(11(16)18)4-7(15)5-17-12/h1-5H,15H2,(H2,16,18). The molecule has 7 heteroatoms. The first-order valence-corrected chi connectivity index (χ1v) is 6.32. The van der Waals surface area contributed by atoms with Gasteiger partial charge in [-0.05, 0) is 40.2 Å². The smallest absolute Gasteiger partial charge is 0.254 e. The van der Waals surface area contributed by atoms with Gasteiger partial charge in [-0.25, -0.2) is 4.98 Å². The molecule has 4 N–H and O–H groups in total.